The number of nitrogens with one attached hydrogen (secondary N) is 1. The molecule has 0 aromatic heterocycles. The third-order valence-electron chi connectivity index (χ3n) is 3.13. The van der Waals surface area contributed by atoms with E-state index in [4.69, 9.17) is 9.47 Å². The van der Waals surface area contributed by atoms with E-state index in [2.05, 4.69) is 45.1 Å². The van der Waals surface area contributed by atoms with Crippen molar-refractivity contribution < 1.29 is 9.47 Å². The van der Waals surface area contributed by atoms with Crippen molar-refractivity contribution in [3.63, 3.8) is 0 Å². The SMILES string of the molecule is CCC(NCC(C)(C)C)c1ccc(OCCOC)cc1. The van der Waals surface area contributed by atoms with Crippen LogP contribution in [0.2, 0.25) is 0 Å². The van der Waals surface area contributed by atoms with Crippen LogP contribution in [-0.2, 0) is 4.74 Å². The molecule has 0 amide bonds. The molecule has 1 aromatic carbocycles. The Kier molecular flexibility index (Phi) is 7.03. The maximum Gasteiger partial charge on any atom is 0.119 e. The lowest BCUT2D eigenvalue weighted by Gasteiger charge is -2.24. The van der Waals surface area contributed by atoms with Crippen molar-refractivity contribution in [1.82, 2.24) is 5.32 Å². The van der Waals surface area contributed by atoms with Gasteiger partial charge in [-0.05, 0) is 29.5 Å². The predicted molar refractivity (Wildman–Crippen MR) is 84.3 cm³/mol. The van der Waals surface area contributed by atoms with E-state index in [0.29, 0.717) is 24.7 Å². The Hall–Kier alpha value is -1.06. The van der Waals surface area contributed by atoms with Gasteiger partial charge >= 0.3 is 0 Å². The fourth-order valence-corrected chi connectivity index (χ4v) is 1.97. The van der Waals surface area contributed by atoms with E-state index in [-0.39, 0.29) is 0 Å². The molecule has 0 aliphatic carbocycles. The van der Waals surface area contributed by atoms with Gasteiger partial charge in [-0.3, -0.25) is 0 Å². The fourth-order valence-electron chi connectivity index (χ4n) is 1.97. The van der Waals surface area contributed by atoms with Crippen LogP contribution in [0.25, 0.3) is 0 Å². The quantitative estimate of drug-likeness (QED) is 0.734. The topological polar surface area (TPSA) is 30.5 Å². The van der Waals surface area contributed by atoms with Crippen molar-refractivity contribution >= 4 is 0 Å². The van der Waals surface area contributed by atoms with Crippen molar-refractivity contribution in [1.29, 1.82) is 0 Å². The van der Waals surface area contributed by atoms with E-state index >= 15 is 0 Å². The molecule has 1 unspecified atom stereocenters. The molecule has 0 radical (unpaired) electrons. The van der Waals surface area contributed by atoms with Crippen LogP contribution in [0.5, 0.6) is 5.75 Å². The van der Waals surface area contributed by atoms with Gasteiger partial charge in [-0.15, -0.1) is 0 Å². The largest absolute Gasteiger partial charge is 0.491 e. The van der Waals surface area contributed by atoms with Crippen molar-refractivity contribution in [2.75, 3.05) is 26.9 Å². The first kappa shape index (κ1) is 17.0. The molecule has 0 aliphatic rings. The van der Waals surface area contributed by atoms with Gasteiger partial charge < -0.3 is 14.8 Å². The average Bonchev–Trinajstić information content (AvgIpc) is 2.40. The van der Waals surface area contributed by atoms with Gasteiger partial charge in [0.25, 0.3) is 0 Å². The molecule has 0 spiro atoms. The normalized spacial score (nSPS) is 13.2. The summed E-state index contributed by atoms with van der Waals surface area (Å²) in [6.45, 7) is 11.2. The van der Waals surface area contributed by atoms with Gasteiger partial charge in [-0.1, -0.05) is 39.8 Å². The minimum atomic E-state index is 0.302. The molecular formula is C17H29NO2. The second-order valence-corrected chi connectivity index (χ2v) is 6.31. The van der Waals surface area contributed by atoms with E-state index < -0.39 is 0 Å². The van der Waals surface area contributed by atoms with Crippen LogP contribution in [-0.4, -0.2) is 26.9 Å². The van der Waals surface area contributed by atoms with Crippen LogP contribution in [0.15, 0.2) is 24.3 Å². The molecule has 1 rings (SSSR count). The zero-order chi connectivity index (χ0) is 15.0. The standard InChI is InChI=1S/C17H29NO2/c1-6-16(18-13-17(2,3)4)14-7-9-15(10-8-14)20-12-11-19-5/h7-10,16,18H,6,11-13H2,1-5H3. The lowest BCUT2D eigenvalue weighted by Crippen LogP contribution is -2.30. The number of ether oxygens (including phenoxy) is 2. The Morgan fingerprint density at radius 3 is 2.25 bits per heavy atom. The Balaban J connectivity index is 2.55. The van der Waals surface area contributed by atoms with Gasteiger partial charge in [0.1, 0.15) is 12.4 Å². The van der Waals surface area contributed by atoms with Gasteiger partial charge in [0, 0.05) is 19.7 Å². The number of methoxy groups -OCH3 is 1. The van der Waals surface area contributed by atoms with Crippen LogP contribution in [0, 0.1) is 5.41 Å². The van der Waals surface area contributed by atoms with Gasteiger partial charge in [-0.25, -0.2) is 0 Å². The van der Waals surface area contributed by atoms with E-state index in [0.717, 1.165) is 18.7 Å². The minimum absolute atomic E-state index is 0.302. The van der Waals surface area contributed by atoms with Crippen molar-refractivity contribution in [3.8, 4) is 5.75 Å². The first-order chi connectivity index (χ1) is 9.46. The molecule has 0 saturated carbocycles. The molecule has 1 aromatic rings. The zero-order valence-corrected chi connectivity index (χ0v) is 13.5. The first-order valence-electron chi connectivity index (χ1n) is 7.41. The maximum atomic E-state index is 5.58. The molecule has 0 heterocycles. The molecule has 0 aliphatic heterocycles. The summed E-state index contributed by atoms with van der Waals surface area (Å²) in [5.74, 6) is 0.900. The fraction of sp³-hybridized carbons (Fsp3) is 0.647. The molecule has 1 N–H and O–H groups in total. The molecule has 0 saturated heterocycles. The van der Waals surface area contributed by atoms with E-state index in [1.165, 1.54) is 5.56 Å². The Bertz CT molecular complexity index is 368. The van der Waals surface area contributed by atoms with Crippen LogP contribution in [0.3, 0.4) is 0 Å². The van der Waals surface area contributed by atoms with Gasteiger partial charge in [-0.2, -0.15) is 0 Å². The van der Waals surface area contributed by atoms with Crippen LogP contribution >= 0.6 is 0 Å². The summed E-state index contributed by atoms with van der Waals surface area (Å²) in [4.78, 5) is 0. The van der Waals surface area contributed by atoms with Crippen LogP contribution < -0.4 is 10.1 Å². The summed E-state index contributed by atoms with van der Waals surface area (Å²) in [5.41, 5.74) is 1.62. The molecule has 3 heteroatoms. The highest BCUT2D eigenvalue weighted by Crippen LogP contribution is 2.22. The highest BCUT2D eigenvalue weighted by Gasteiger charge is 2.14. The maximum absolute atomic E-state index is 5.58. The molecule has 0 bridgehead atoms. The lowest BCUT2D eigenvalue weighted by molar-refractivity contribution is 0.146. The number of rotatable bonds is 8. The second kappa shape index (κ2) is 8.28. The highest BCUT2D eigenvalue weighted by molar-refractivity contribution is 5.29. The van der Waals surface area contributed by atoms with Crippen molar-refractivity contribution in [2.24, 2.45) is 5.41 Å². The first-order valence-corrected chi connectivity index (χ1v) is 7.41. The minimum Gasteiger partial charge on any atom is -0.491 e. The lowest BCUT2D eigenvalue weighted by atomic mass is 9.95. The zero-order valence-electron chi connectivity index (χ0n) is 13.5. The molecule has 20 heavy (non-hydrogen) atoms. The summed E-state index contributed by atoms with van der Waals surface area (Å²) in [5, 5.41) is 3.64. The smallest absolute Gasteiger partial charge is 0.119 e. The Morgan fingerprint density at radius 2 is 1.75 bits per heavy atom. The van der Waals surface area contributed by atoms with Gasteiger partial charge in [0.2, 0.25) is 0 Å². The molecule has 114 valence electrons. The monoisotopic (exact) mass is 279 g/mol. The van der Waals surface area contributed by atoms with Gasteiger partial charge in [0.15, 0.2) is 0 Å². The van der Waals surface area contributed by atoms with E-state index in [9.17, 15) is 0 Å². The average molecular weight is 279 g/mol. The molecule has 0 fully saturated rings. The molecule has 1 atom stereocenters. The van der Waals surface area contributed by atoms with Crippen molar-refractivity contribution in [3.05, 3.63) is 29.8 Å². The number of hydrogen-bond donors (Lipinski definition) is 1. The third kappa shape index (κ3) is 6.40. The highest BCUT2D eigenvalue weighted by atomic mass is 16.5. The predicted octanol–water partition coefficient (Wildman–Crippen LogP) is 3.80. The second-order valence-electron chi connectivity index (χ2n) is 6.31. The Labute approximate surface area is 123 Å². The van der Waals surface area contributed by atoms with Gasteiger partial charge in [0.05, 0.1) is 6.61 Å². The van der Waals surface area contributed by atoms with Crippen molar-refractivity contribution in [2.45, 2.75) is 40.2 Å². The summed E-state index contributed by atoms with van der Waals surface area (Å²) in [7, 11) is 1.68. The van der Waals surface area contributed by atoms with E-state index in [1.807, 2.05) is 12.1 Å². The summed E-state index contributed by atoms with van der Waals surface area (Å²) < 4.78 is 10.6. The number of hydrogen-bond acceptors (Lipinski definition) is 3. The molecular weight excluding hydrogens is 250 g/mol. The van der Waals surface area contributed by atoms with Crippen LogP contribution in [0.1, 0.15) is 45.7 Å². The third-order valence-corrected chi connectivity index (χ3v) is 3.13. The number of benzene rings is 1. The van der Waals surface area contributed by atoms with Crippen LogP contribution in [0.4, 0.5) is 0 Å². The Morgan fingerprint density at radius 1 is 1.10 bits per heavy atom. The summed E-state index contributed by atoms with van der Waals surface area (Å²) >= 11 is 0. The van der Waals surface area contributed by atoms with E-state index in [1.54, 1.807) is 7.11 Å². The molecule has 3 nitrogen and oxygen atoms in total. The summed E-state index contributed by atoms with van der Waals surface area (Å²) in [6, 6.07) is 8.76. The summed E-state index contributed by atoms with van der Waals surface area (Å²) in [6.07, 6.45) is 1.08.